The van der Waals surface area contributed by atoms with E-state index in [0.29, 0.717) is 0 Å². The van der Waals surface area contributed by atoms with Crippen molar-refractivity contribution < 1.29 is 9.90 Å². The molecule has 110 valence electrons. The first-order chi connectivity index (χ1) is 9.11. The Morgan fingerprint density at radius 3 is 2.58 bits per heavy atom. The number of hydrogen-bond donors (Lipinski definition) is 2. The topological polar surface area (TPSA) is 55.8 Å². The third kappa shape index (κ3) is 3.46. The van der Waals surface area contributed by atoms with Crippen molar-refractivity contribution in [3.8, 4) is 0 Å². The summed E-state index contributed by atoms with van der Waals surface area (Å²) >= 11 is 0. The average molecular weight is 269 g/mol. The van der Waals surface area contributed by atoms with E-state index >= 15 is 0 Å². The molecule has 2 rings (SSSR count). The summed E-state index contributed by atoms with van der Waals surface area (Å²) in [7, 11) is 1.85. The van der Waals surface area contributed by atoms with Gasteiger partial charge in [0, 0.05) is 33.2 Å². The molecule has 1 aliphatic carbocycles. The van der Waals surface area contributed by atoms with Gasteiger partial charge < -0.3 is 15.3 Å². The van der Waals surface area contributed by atoms with E-state index in [-0.39, 0.29) is 24.1 Å². The van der Waals surface area contributed by atoms with Gasteiger partial charge in [-0.25, -0.2) is 0 Å². The number of nitrogens with zero attached hydrogens (tertiary/aromatic N) is 2. The first-order valence-electron chi connectivity index (χ1n) is 7.50. The van der Waals surface area contributed by atoms with Gasteiger partial charge in [-0.3, -0.25) is 9.69 Å². The zero-order valence-electron chi connectivity index (χ0n) is 12.1. The minimum atomic E-state index is -0.349. The number of piperazine rings is 1. The van der Waals surface area contributed by atoms with Gasteiger partial charge in [-0.15, -0.1) is 0 Å². The number of rotatable bonds is 3. The summed E-state index contributed by atoms with van der Waals surface area (Å²) in [5.41, 5.74) is 0. The maximum atomic E-state index is 12.5. The maximum Gasteiger partial charge on any atom is 0.239 e. The van der Waals surface area contributed by atoms with Crippen molar-refractivity contribution in [1.82, 2.24) is 15.1 Å². The molecule has 0 bridgehead atoms. The van der Waals surface area contributed by atoms with Crippen molar-refractivity contribution in [3.63, 3.8) is 0 Å². The molecule has 0 radical (unpaired) electrons. The third-order valence-electron chi connectivity index (χ3n) is 4.60. The number of nitrogens with one attached hydrogen (secondary N) is 1. The summed E-state index contributed by atoms with van der Waals surface area (Å²) in [4.78, 5) is 16.6. The number of likely N-dealkylation sites (N-methyl/N-ethyl adjacent to an activating group) is 1. The van der Waals surface area contributed by atoms with E-state index in [1.54, 1.807) is 4.90 Å². The van der Waals surface area contributed by atoms with Gasteiger partial charge >= 0.3 is 0 Å². The molecule has 0 spiro atoms. The van der Waals surface area contributed by atoms with Crippen molar-refractivity contribution in [2.75, 3.05) is 33.2 Å². The second kappa shape index (κ2) is 6.68. The molecule has 3 unspecified atom stereocenters. The fraction of sp³-hybridized carbons (Fsp3) is 0.929. The smallest absolute Gasteiger partial charge is 0.239 e. The first-order valence-corrected chi connectivity index (χ1v) is 7.50. The monoisotopic (exact) mass is 269 g/mol. The third-order valence-corrected chi connectivity index (χ3v) is 4.60. The highest BCUT2D eigenvalue weighted by Crippen LogP contribution is 2.23. The Labute approximate surface area is 115 Å². The minimum absolute atomic E-state index is 0.00613. The average Bonchev–Trinajstić information content (AvgIpc) is 2.46. The molecule has 1 aliphatic heterocycles. The number of carbonyl (C=O) groups is 1. The molecule has 0 aromatic rings. The van der Waals surface area contributed by atoms with Gasteiger partial charge in [0.2, 0.25) is 5.91 Å². The molecule has 1 amide bonds. The van der Waals surface area contributed by atoms with E-state index < -0.39 is 0 Å². The van der Waals surface area contributed by atoms with Gasteiger partial charge in [0.05, 0.1) is 18.2 Å². The summed E-state index contributed by atoms with van der Waals surface area (Å²) in [6, 6.07) is -0.0761. The fourth-order valence-corrected chi connectivity index (χ4v) is 3.23. The lowest BCUT2D eigenvalue weighted by Crippen LogP contribution is -2.56. The van der Waals surface area contributed by atoms with Gasteiger partial charge in [-0.05, 0) is 19.8 Å². The Bertz CT molecular complexity index is 305. The molecule has 1 saturated carbocycles. The van der Waals surface area contributed by atoms with Crippen LogP contribution in [0.25, 0.3) is 0 Å². The number of amides is 1. The van der Waals surface area contributed by atoms with Crippen molar-refractivity contribution >= 4 is 5.91 Å². The van der Waals surface area contributed by atoms with Crippen molar-refractivity contribution in [1.29, 1.82) is 0 Å². The molecule has 0 aromatic carbocycles. The predicted octanol–water partition coefficient (Wildman–Crippen LogP) is 0.0420. The van der Waals surface area contributed by atoms with Crippen LogP contribution in [0, 0.1) is 0 Å². The lowest BCUT2D eigenvalue weighted by molar-refractivity contribution is -0.140. The zero-order valence-corrected chi connectivity index (χ0v) is 12.1. The summed E-state index contributed by atoms with van der Waals surface area (Å²) in [5.74, 6) is 0.146. The second-order valence-electron chi connectivity index (χ2n) is 5.83. The van der Waals surface area contributed by atoms with Crippen LogP contribution in [0.5, 0.6) is 0 Å². The molecule has 3 atom stereocenters. The van der Waals surface area contributed by atoms with Crippen LogP contribution in [0.3, 0.4) is 0 Å². The summed E-state index contributed by atoms with van der Waals surface area (Å²) in [5, 5.41) is 13.4. The van der Waals surface area contributed by atoms with Crippen molar-refractivity contribution in [2.45, 2.75) is 50.8 Å². The van der Waals surface area contributed by atoms with E-state index in [2.05, 4.69) is 10.2 Å². The van der Waals surface area contributed by atoms with Gasteiger partial charge in [0.25, 0.3) is 0 Å². The number of aliphatic hydroxyl groups is 1. The zero-order chi connectivity index (χ0) is 13.8. The van der Waals surface area contributed by atoms with Crippen LogP contribution < -0.4 is 5.32 Å². The predicted molar refractivity (Wildman–Crippen MR) is 74.9 cm³/mol. The van der Waals surface area contributed by atoms with Crippen LogP contribution >= 0.6 is 0 Å². The number of hydrogen-bond acceptors (Lipinski definition) is 4. The normalized spacial score (nSPS) is 30.9. The largest absolute Gasteiger partial charge is 0.391 e. The van der Waals surface area contributed by atoms with Crippen LogP contribution in [0.15, 0.2) is 0 Å². The highest BCUT2D eigenvalue weighted by molar-refractivity contribution is 5.81. The van der Waals surface area contributed by atoms with Gasteiger partial charge in [-0.2, -0.15) is 0 Å². The van der Waals surface area contributed by atoms with E-state index in [1.807, 2.05) is 14.0 Å². The highest BCUT2D eigenvalue weighted by atomic mass is 16.3. The van der Waals surface area contributed by atoms with Crippen LogP contribution in [0.4, 0.5) is 0 Å². The summed E-state index contributed by atoms with van der Waals surface area (Å²) in [6.45, 7) is 5.74. The van der Waals surface area contributed by atoms with E-state index in [4.69, 9.17) is 0 Å². The summed E-state index contributed by atoms with van der Waals surface area (Å²) in [6.07, 6.45) is 3.59. The van der Waals surface area contributed by atoms with Crippen LogP contribution in [-0.2, 0) is 4.79 Å². The standard InChI is InChI=1S/C14H27N3O2/c1-11(17-9-7-15-8-10-17)14(19)16(2)12-5-3-4-6-13(12)18/h11-13,15,18H,3-10H2,1-2H3. The van der Waals surface area contributed by atoms with Gasteiger partial charge in [0.15, 0.2) is 0 Å². The molecular formula is C14H27N3O2. The Morgan fingerprint density at radius 1 is 1.32 bits per heavy atom. The van der Waals surface area contributed by atoms with Gasteiger partial charge in [-0.1, -0.05) is 12.8 Å². The molecule has 0 aromatic heterocycles. The lowest BCUT2D eigenvalue weighted by Gasteiger charge is -2.39. The highest BCUT2D eigenvalue weighted by Gasteiger charge is 2.33. The molecule has 2 N–H and O–H groups in total. The Balaban J connectivity index is 1.93. The molecular weight excluding hydrogens is 242 g/mol. The molecule has 1 saturated heterocycles. The molecule has 2 fully saturated rings. The lowest BCUT2D eigenvalue weighted by atomic mass is 9.91. The number of carbonyl (C=O) groups excluding carboxylic acids is 1. The SMILES string of the molecule is CC(C(=O)N(C)C1CCCCC1O)N1CCNCC1. The number of aliphatic hydroxyl groups excluding tert-OH is 1. The minimum Gasteiger partial charge on any atom is -0.391 e. The molecule has 19 heavy (non-hydrogen) atoms. The van der Waals surface area contributed by atoms with E-state index in [9.17, 15) is 9.90 Å². The molecule has 5 heteroatoms. The van der Waals surface area contributed by atoms with Gasteiger partial charge in [0.1, 0.15) is 0 Å². The second-order valence-corrected chi connectivity index (χ2v) is 5.83. The Hall–Kier alpha value is -0.650. The van der Waals surface area contributed by atoms with Crippen LogP contribution in [0.2, 0.25) is 0 Å². The van der Waals surface area contributed by atoms with Crippen molar-refractivity contribution in [2.24, 2.45) is 0 Å². The molecule has 2 aliphatic rings. The van der Waals surface area contributed by atoms with E-state index in [0.717, 1.165) is 51.9 Å². The summed E-state index contributed by atoms with van der Waals surface area (Å²) < 4.78 is 0. The quantitative estimate of drug-likeness (QED) is 0.760. The Morgan fingerprint density at radius 2 is 1.95 bits per heavy atom. The Kier molecular flexibility index (Phi) is 5.19. The first kappa shape index (κ1) is 14.8. The maximum absolute atomic E-state index is 12.5. The van der Waals surface area contributed by atoms with Crippen LogP contribution in [-0.4, -0.2) is 72.2 Å². The molecule has 5 nitrogen and oxygen atoms in total. The van der Waals surface area contributed by atoms with Crippen molar-refractivity contribution in [3.05, 3.63) is 0 Å². The molecule has 1 heterocycles. The fourth-order valence-electron chi connectivity index (χ4n) is 3.23. The van der Waals surface area contributed by atoms with E-state index in [1.165, 1.54) is 0 Å². The van der Waals surface area contributed by atoms with Crippen LogP contribution in [0.1, 0.15) is 32.6 Å².